The SMILES string of the molecule is O=C(N1CCCC1)[C@@]12CCO[C@@H]1CCN(Cc1ccsc1)C2.O=C(O)C(F)(F)F. The molecule has 0 saturated carbocycles. The third-order valence-corrected chi connectivity index (χ3v) is 6.48. The van der Waals surface area contributed by atoms with Crippen molar-refractivity contribution in [2.45, 2.75) is 44.5 Å². The number of hydrogen-bond donors (Lipinski definition) is 1. The van der Waals surface area contributed by atoms with Crippen LogP contribution in [0.25, 0.3) is 0 Å². The van der Waals surface area contributed by atoms with E-state index in [1.54, 1.807) is 11.3 Å². The van der Waals surface area contributed by atoms with Crippen molar-refractivity contribution in [3.8, 4) is 0 Å². The number of amides is 1. The van der Waals surface area contributed by atoms with Crippen LogP contribution in [0.5, 0.6) is 0 Å². The van der Waals surface area contributed by atoms with E-state index in [-0.39, 0.29) is 11.5 Å². The molecule has 6 nitrogen and oxygen atoms in total. The highest BCUT2D eigenvalue weighted by atomic mass is 32.1. The number of aliphatic carboxylic acids is 1. The van der Waals surface area contributed by atoms with Crippen LogP contribution in [0, 0.1) is 5.41 Å². The zero-order valence-electron chi connectivity index (χ0n) is 16.0. The molecule has 3 saturated heterocycles. The molecule has 3 aliphatic heterocycles. The number of ether oxygens (including phenoxy) is 1. The van der Waals surface area contributed by atoms with E-state index in [1.807, 2.05) is 0 Å². The molecule has 1 aromatic heterocycles. The van der Waals surface area contributed by atoms with Crippen molar-refractivity contribution in [3.05, 3.63) is 22.4 Å². The molecular formula is C19H25F3N2O4S. The first kappa shape index (κ1) is 22.0. The lowest BCUT2D eigenvalue weighted by atomic mass is 9.75. The Labute approximate surface area is 171 Å². The van der Waals surface area contributed by atoms with Crippen molar-refractivity contribution in [2.75, 3.05) is 32.8 Å². The highest BCUT2D eigenvalue weighted by Gasteiger charge is 2.54. The molecule has 162 valence electrons. The summed E-state index contributed by atoms with van der Waals surface area (Å²) in [4.78, 5) is 26.6. The molecule has 1 N–H and O–H groups in total. The first-order valence-corrected chi connectivity index (χ1v) is 10.6. The van der Waals surface area contributed by atoms with Gasteiger partial charge < -0.3 is 14.7 Å². The van der Waals surface area contributed by atoms with Gasteiger partial charge in [-0.05, 0) is 48.1 Å². The maximum Gasteiger partial charge on any atom is 0.490 e. The maximum atomic E-state index is 13.2. The summed E-state index contributed by atoms with van der Waals surface area (Å²) in [5, 5.41) is 11.5. The van der Waals surface area contributed by atoms with Gasteiger partial charge >= 0.3 is 12.1 Å². The Balaban J connectivity index is 0.000000298. The molecule has 0 aromatic carbocycles. The van der Waals surface area contributed by atoms with E-state index in [2.05, 4.69) is 26.6 Å². The van der Waals surface area contributed by atoms with Crippen LogP contribution in [-0.4, -0.2) is 71.8 Å². The number of carboxylic acid groups (broad SMARTS) is 1. The molecule has 10 heteroatoms. The summed E-state index contributed by atoms with van der Waals surface area (Å²) >= 11 is 1.75. The van der Waals surface area contributed by atoms with Crippen LogP contribution in [0.15, 0.2) is 16.8 Å². The van der Waals surface area contributed by atoms with Crippen molar-refractivity contribution in [3.63, 3.8) is 0 Å². The highest BCUT2D eigenvalue weighted by molar-refractivity contribution is 7.07. The fraction of sp³-hybridized carbons (Fsp3) is 0.684. The maximum absolute atomic E-state index is 13.2. The van der Waals surface area contributed by atoms with Gasteiger partial charge in [-0.2, -0.15) is 24.5 Å². The minimum absolute atomic E-state index is 0.138. The van der Waals surface area contributed by atoms with Crippen LogP contribution < -0.4 is 0 Å². The Hall–Kier alpha value is -1.65. The Bertz CT molecular complexity index is 707. The first-order valence-electron chi connectivity index (χ1n) is 9.67. The molecule has 4 rings (SSSR count). The van der Waals surface area contributed by atoms with Crippen LogP contribution in [0.2, 0.25) is 0 Å². The average Bonchev–Trinajstić information content (AvgIpc) is 3.42. The summed E-state index contributed by atoms with van der Waals surface area (Å²) in [6.45, 7) is 5.50. The van der Waals surface area contributed by atoms with Gasteiger partial charge in [0.15, 0.2) is 0 Å². The Morgan fingerprint density at radius 2 is 1.97 bits per heavy atom. The molecule has 0 bridgehead atoms. The van der Waals surface area contributed by atoms with Crippen LogP contribution in [-0.2, 0) is 20.9 Å². The number of carbonyl (C=O) groups excluding carboxylic acids is 1. The highest BCUT2D eigenvalue weighted by Crippen LogP contribution is 2.43. The molecule has 4 heterocycles. The molecule has 1 aromatic rings. The smallest absolute Gasteiger partial charge is 0.475 e. The lowest BCUT2D eigenvalue weighted by molar-refractivity contribution is -0.192. The van der Waals surface area contributed by atoms with E-state index in [0.717, 1.165) is 65.0 Å². The van der Waals surface area contributed by atoms with E-state index < -0.39 is 12.1 Å². The Morgan fingerprint density at radius 3 is 2.55 bits per heavy atom. The van der Waals surface area contributed by atoms with E-state index in [0.29, 0.717) is 5.91 Å². The van der Waals surface area contributed by atoms with Crippen molar-refractivity contribution in [1.29, 1.82) is 0 Å². The second kappa shape index (κ2) is 9.01. The third kappa shape index (κ3) is 5.10. The number of carbonyl (C=O) groups is 2. The predicted octanol–water partition coefficient (Wildman–Crippen LogP) is 2.98. The van der Waals surface area contributed by atoms with Crippen LogP contribution in [0.4, 0.5) is 13.2 Å². The predicted molar refractivity (Wildman–Crippen MR) is 101 cm³/mol. The lowest BCUT2D eigenvalue weighted by Gasteiger charge is -2.44. The molecular weight excluding hydrogens is 409 g/mol. The molecule has 2 atom stereocenters. The number of piperidine rings is 1. The van der Waals surface area contributed by atoms with Gasteiger partial charge in [0.05, 0.1) is 11.5 Å². The van der Waals surface area contributed by atoms with Crippen LogP contribution in [0.1, 0.15) is 31.2 Å². The summed E-state index contributed by atoms with van der Waals surface area (Å²) < 4.78 is 37.7. The van der Waals surface area contributed by atoms with Crippen LogP contribution >= 0.6 is 11.3 Å². The molecule has 29 heavy (non-hydrogen) atoms. The molecule has 3 aliphatic rings. The number of thiophene rings is 1. The van der Waals surface area contributed by atoms with Crippen molar-refractivity contribution in [2.24, 2.45) is 5.41 Å². The first-order chi connectivity index (χ1) is 13.7. The van der Waals surface area contributed by atoms with E-state index in [4.69, 9.17) is 14.6 Å². The van der Waals surface area contributed by atoms with Crippen molar-refractivity contribution in [1.82, 2.24) is 9.80 Å². The number of fused-ring (bicyclic) bond motifs is 1. The zero-order valence-corrected chi connectivity index (χ0v) is 16.8. The van der Waals surface area contributed by atoms with Gasteiger partial charge in [0.25, 0.3) is 0 Å². The number of alkyl halides is 3. The van der Waals surface area contributed by atoms with E-state index in [1.165, 1.54) is 5.56 Å². The number of carboxylic acids is 1. The van der Waals surface area contributed by atoms with Gasteiger partial charge in [-0.3, -0.25) is 9.69 Å². The number of likely N-dealkylation sites (tertiary alicyclic amines) is 2. The van der Waals surface area contributed by atoms with Gasteiger partial charge in [0, 0.05) is 39.3 Å². The minimum Gasteiger partial charge on any atom is -0.475 e. The topological polar surface area (TPSA) is 70.1 Å². The monoisotopic (exact) mass is 434 g/mol. The second-order valence-corrected chi connectivity index (χ2v) is 8.48. The largest absolute Gasteiger partial charge is 0.490 e. The van der Waals surface area contributed by atoms with Crippen molar-refractivity contribution >= 4 is 23.2 Å². The van der Waals surface area contributed by atoms with Crippen LogP contribution in [0.3, 0.4) is 0 Å². The summed E-state index contributed by atoms with van der Waals surface area (Å²) in [5.41, 5.74) is 1.09. The molecule has 3 fully saturated rings. The number of nitrogens with zero attached hydrogens (tertiary/aromatic N) is 2. The molecule has 0 unspecified atom stereocenters. The second-order valence-electron chi connectivity index (χ2n) is 7.70. The fourth-order valence-corrected chi connectivity index (χ4v) is 5.01. The standard InChI is InChI=1S/C17H24N2O2S.C2HF3O2/c20-16(19-6-1-2-7-19)17-5-9-21-15(17)3-8-18(13-17)11-14-4-10-22-12-14;3-2(4,5)1(6)7/h4,10,12,15H,1-3,5-9,11,13H2;(H,6,7)/t15-,17-;/m1./s1. The Kier molecular flexibility index (Phi) is 6.85. The molecule has 0 spiro atoms. The molecule has 1 amide bonds. The van der Waals surface area contributed by atoms with E-state index >= 15 is 0 Å². The third-order valence-electron chi connectivity index (χ3n) is 5.74. The quantitative estimate of drug-likeness (QED) is 0.792. The average molecular weight is 434 g/mol. The lowest BCUT2D eigenvalue weighted by Crippen LogP contribution is -2.57. The summed E-state index contributed by atoms with van der Waals surface area (Å²) in [5.74, 6) is -2.39. The Morgan fingerprint density at radius 1 is 1.28 bits per heavy atom. The fourth-order valence-electron chi connectivity index (χ4n) is 4.35. The summed E-state index contributed by atoms with van der Waals surface area (Å²) in [7, 11) is 0. The van der Waals surface area contributed by atoms with Gasteiger partial charge in [0.2, 0.25) is 5.91 Å². The number of hydrogen-bond acceptors (Lipinski definition) is 5. The van der Waals surface area contributed by atoms with Crippen molar-refractivity contribution < 1.29 is 32.6 Å². The number of rotatable bonds is 3. The zero-order chi connectivity index (χ0) is 21.1. The number of halogens is 3. The molecule has 0 aliphatic carbocycles. The van der Waals surface area contributed by atoms with Gasteiger partial charge in [-0.1, -0.05) is 0 Å². The summed E-state index contributed by atoms with van der Waals surface area (Å²) in [6.07, 6.45) is -0.742. The minimum atomic E-state index is -5.08. The van der Waals surface area contributed by atoms with Gasteiger partial charge in [-0.25, -0.2) is 4.79 Å². The van der Waals surface area contributed by atoms with Gasteiger partial charge in [0.1, 0.15) is 0 Å². The normalized spacial score (nSPS) is 27.3. The molecule has 0 radical (unpaired) electrons. The van der Waals surface area contributed by atoms with Gasteiger partial charge in [-0.15, -0.1) is 0 Å². The summed E-state index contributed by atoms with van der Waals surface area (Å²) in [6, 6.07) is 2.19. The van der Waals surface area contributed by atoms with E-state index in [9.17, 15) is 18.0 Å².